The van der Waals surface area contributed by atoms with Crippen molar-refractivity contribution in [1.82, 2.24) is 5.16 Å². The molecule has 7 nitrogen and oxygen atoms in total. The van der Waals surface area contributed by atoms with Crippen LogP contribution in [0.25, 0.3) is 0 Å². The van der Waals surface area contributed by atoms with Gasteiger partial charge in [-0.3, -0.25) is 4.79 Å². The van der Waals surface area contributed by atoms with Crippen molar-refractivity contribution < 1.29 is 32.4 Å². The fourth-order valence-corrected chi connectivity index (χ4v) is 2.54. The van der Waals surface area contributed by atoms with E-state index >= 15 is 0 Å². The predicted octanol–water partition coefficient (Wildman–Crippen LogP) is 3.94. The van der Waals surface area contributed by atoms with E-state index in [1.807, 2.05) is 6.92 Å². The smallest absolute Gasteiger partial charge is 0.338 e. The van der Waals surface area contributed by atoms with Crippen LogP contribution in [0.2, 0.25) is 0 Å². The van der Waals surface area contributed by atoms with Crippen molar-refractivity contribution in [3.05, 3.63) is 76.7 Å². The SMILES string of the molecule is Cc1noc(C)c1COc1ccc(C(=O)OCC(=O)Nc2ccc(F)c(F)c2)cc1. The van der Waals surface area contributed by atoms with E-state index in [9.17, 15) is 18.4 Å². The maximum Gasteiger partial charge on any atom is 0.338 e. The summed E-state index contributed by atoms with van der Waals surface area (Å²) in [6.45, 7) is 3.30. The highest BCUT2D eigenvalue weighted by molar-refractivity contribution is 5.95. The normalized spacial score (nSPS) is 10.5. The molecule has 3 rings (SSSR count). The molecular weight excluding hydrogens is 398 g/mol. The molecule has 0 aliphatic carbocycles. The predicted molar refractivity (Wildman–Crippen MR) is 102 cm³/mol. The Labute approximate surface area is 170 Å². The number of amides is 1. The number of hydrogen-bond acceptors (Lipinski definition) is 6. The average Bonchev–Trinajstić information content (AvgIpc) is 3.05. The van der Waals surface area contributed by atoms with E-state index < -0.39 is 30.1 Å². The van der Waals surface area contributed by atoms with Crippen molar-refractivity contribution in [2.24, 2.45) is 0 Å². The number of carbonyl (C=O) groups excluding carboxylic acids is 2. The summed E-state index contributed by atoms with van der Waals surface area (Å²) in [6.07, 6.45) is 0. The van der Waals surface area contributed by atoms with Gasteiger partial charge in [-0.25, -0.2) is 13.6 Å². The summed E-state index contributed by atoms with van der Waals surface area (Å²) in [4.78, 5) is 23.9. The van der Waals surface area contributed by atoms with Crippen LogP contribution >= 0.6 is 0 Å². The van der Waals surface area contributed by atoms with Gasteiger partial charge in [0.05, 0.1) is 16.8 Å². The first-order chi connectivity index (χ1) is 14.3. The molecule has 1 N–H and O–H groups in total. The number of hydrogen-bond donors (Lipinski definition) is 1. The number of halogens is 2. The van der Waals surface area contributed by atoms with Gasteiger partial charge in [-0.15, -0.1) is 0 Å². The van der Waals surface area contributed by atoms with Crippen LogP contribution in [-0.2, 0) is 16.1 Å². The van der Waals surface area contributed by atoms with E-state index in [1.54, 1.807) is 19.1 Å². The maximum absolute atomic E-state index is 13.1. The highest BCUT2D eigenvalue weighted by Gasteiger charge is 2.13. The molecule has 1 heterocycles. The summed E-state index contributed by atoms with van der Waals surface area (Å²) in [5, 5.41) is 6.16. The van der Waals surface area contributed by atoms with Crippen LogP contribution in [0.5, 0.6) is 5.75 Å². The third-order valence-corrected chi connectivity index (χ3v) is 4.19. The van der Waals surface area contributed by atoms with Crippen LogP contribution in [0.3, 0.4) is 0 Å². The number of aromatic nitrogens is 1. The van der Waals surface area contributed by atoms with Crippen molar-refractivity contribution in [3.8, 4) is 5.75 Å². The zero-order chi connectivity index (χ0) is 21.7. The number of benzene rings is 2. The lowest BCUT2D eigenvalue weighted by molar-refractivity contribution is -0.119. The van der Waals surface area contributed by atoms with Crippen LogP contribution in [0.15, 0.2) is 47.0 Å². The molecule has 30 heavy (non-hydrogen) atoms. The van der Waals surface area contributed by atoms with Crippen LogP contribution in [0.4, 0.5) is 14.5 Å². The van der Waals surface area contributed by atoms with Crippen LogP contribution in [-0.4, -0.2) is 23.6 Å². The van der Waals surface area contributed by atoms with Gasteiger partial charge in [0.2, 0.25) is 0 Å². The highest BCUT2D eigenvalue weighted by Crippen LogP contribution is 2.18. The second-order valence-corrected chi connectivity index (χ2v) is 6.37. The van der Waals surface area contributed by atoms with Crippen molar-refractivity contribution in [1.29, 1.82) is 0 Å². The van der Waals surface area contributed by atoms with Gasteiger partial charge in [-0.1, -0.05) is 5.16 Å². The summed E-state index contributed by atoms with van der Waals surface area (Å²) < 4.78 is 41.7. The van der Waals surface area contributed by atoms with E-state index in [2.05, 4.69) is 10.5 Å². The maximum atomic E-state index is 13.1. The highest BCUT2D eigenvalue weighted by atomic mass is 19.2. The molecule has 0 bridgehead atoms. The monoisotopic (exact) mass is 416 g/mol. The van der Waals surface area contributed by atoms with Gasteiger partial charge >= 0.3 is 5.97 Å². The molecule has 3 aromatic rings. The number of ether oxygens (including phenoxy) is 2. The number of nitrogens with one attached hydrogen (secondary N) is 1. The molecule has 1 aromatic heterocycles. The minimum Gasteiger partial charge on any atom is -0.489 e. The number of carbonyl (C=O) groups is 2. The summed E-state index contributed by atoms with van der Waals surface area (Å²) >= 11 is 0. The van der Waals surface area contributed by atoms with Crippen molar-refractivity contribution in [2.45, 2.75) is 20.5 Å². The van der Waals surface area contributed by atoms with Crippen molar-refractivity contribution >= 4 is 17.6 Å². The van der Waals surface area contributed by atoms with E-state index in [-0.39, 0.29) is 17.9 Å². The average molecular weight is 416 g/mol. The summed E-state index contributed by atoms with van der Waals surface area (Å²) in [5.41, 5.74) is 1.87. The molecular formula is C21H18F2N2O5. The molecule has 9 heteroatoms. The summed E-state index contributed by atoms with van der Waals surface area (Å²) in [5.74, 6) is -2.32. The van der Waals surface area contributed by atoms with Crippen LogP contribution < -0.4 is 10.1 Å². The largest absolute Gasteiger partial charge is 0.489 e. The Kier molecular flexibility index (Phi) is 6.41. The van der Waals surface area contributed by atoms with Gasteiger partial charge in [0, 0.05) is 11.8 Å². The lowest BCUT2D eigenvalue weighted by Gasteiger charge is -2.08. The summed E-state index contributed by atoms with van der Waals surface area (Å²) in [7, 11) is 0. The molecule has 0 saturated heterocycles. The third kappa shape index (κ3) is 5.19. The fraction of sp³-hybridized carbons (Fsp3) is 0.190. The molecule has 0 saturated carbocycles. The number of esters is 1. The quantitative estimate of drug-likeness (QED) is 0.587. The second kappa shape index (κ2) is 9.17. The standard InChI is InChI=1S/C21H18F2N2O5/c1-12-17(13(2)30-25-12)10-28-16-6-3-14(4-7-16)21(27)29-11-20(26)24-15-5-8-18(22)19(23)9-15/h3-9H,10-11H2,1-2H3,(H,24,26). The Morgan fingerprint density at radius 1 is 1.07 bits per heavy atom. The number of rotatable bonds is 7. The second-order valence-electron chi connectivity index (χ2n) is 6.37. The van der Waals surface area contributed by atoms with Crippen molar-refractivity contribution in [3.63, 3.8) is 0 Å². The Bertz CT molecular complexity index is 1040. The lowest BCUT2D eigenvalue weighted by atomic mass is 10.2. The molecule has 0 spiro atoms. The number of anilines is 1. The molecule has 0 radical (unpaired) electrons. The zero-order valence-electron chi connectivity index (χ0n) is 16.2. The molecule has 156 valence electrons. The molecule has 0 aliphatic rings. The zero-order valence-corrected chi connectivity index (χ0v) is 16.2. The first-order valence-electron chi connectivity index (χ1n) is 8.90. The summed E-state index contributed by atoms with van der Waals surface area (Å²) in [6, 6.07) is 9.09. The molecule has 0 fully saturated rings. The Hall–Kier alpha value is -3.75. The Balaban J connectivity index is 1.49. The molecule has 2 aromatic carbocycles. The number of aryl methyl sites for hydroxylation is 2. The van der Waals surface area contributed by atoms with Crippen LogP contribution in [0.1, 0.15) is 27.4 Å². The topological polar surface area (TPSA) is 90.7 Å². The van der Waals surface area contributed by atoms with Crippen molar-refractivity contribution in [2.75, 3.05) is 11.9 Å². The van der Waals surface area contributed by atoms with Gasteiger partial charge < -0.3 is 19.3 Å². The Morgan fingerprint density at radius 2 is 1.80 bits per heavy atom. The van der Waals surface area contributed by atoms with Gasteiger partial charge in [0.15, 0.2) is 18.2 Å². The van der Waals surface area contributed by atoms with Crippen LogP contribution in [0, 0.1) is 25.5 Å². The van der Waals surface area contributed by atoms with E-state index in [0.717, 1.165) is 23.4 Å². The number of nitrogens with zero attached hydrogens (tertiary/aromatic N) is 1. The minimum absolute atomic E-state index is 0.0507. The Morgan fingerprint density at radius 3 is 2.43 bits per heavy atom. The van der Waals surface area contributed by atoms with Gasteiger partial charge in [0.25, 0.3) is 5.91 Å². The first kappa shape index (κ1) is 21.0. The third-order valence-electron chi connectivity index (χ3n) is 4.19. The van der Waals surface area contributed by atoms with Gasteiger partial charge in [-0.2, -0.15) is 0 Å². The molecule has 0 aliphatic heterocycles. The minimum atomic E-state index is -1.10. The van der Waals surface area contributed by atoms with Gasteiger partial charge in [0.1, 0.15) is 18.1 Å². The molecule has 0 atom stereocenters. The lowest BCUT2D eigenvalue weighted by Crippen LogP contribution is -2.21. The molecule has 0 unspecified atom stereocenters. The first-order valence-corrected chi connectivity index (χ1v) is 8.90. The van der Waals surface area contributed by atoms with Gasteiger partial charge in [-0.05, 0) is 50.2 Å². The molecule has 1 amide bonds. The van der Waals surface area contributed by atoms with E-state index in [1.165, 1.54) is 18.2 Å². The fourth-order valence-electron chi connectivity index (χ4n) is 2.54. The van der Waals surface area contributed by atoms with E-state index in [0.29, 0.717) is 11.5 Å². The van der Waals surface area contributed by atoms with E-state index in [4.69, 9.17) is 14.0 Å².